The molecule has 0 aromatic rings. The van der Waals surface area contributed by atoms with Crippen molar-refractivity contribution in [2.24, 2.45) is 0 Å². The zero-order valence-electron chi connectivity index (χ0n) is 63.5. The Hall–Kier alpha value is -4.05. The maximum Gasteiger partial charge on any atom is 0.472 e. The first-order chi connectivity index (χ1) is 49.2. The van der Waals surface area contributed by atoms with E-state index in [9.17, 15) is 43.5 Å². The molecule has 0 spiro atoms. The molecule has 18 heteroatoms. The van der Waals surface area contributed by atoms with E-state index in [-0.39, 0.29) is 19.3 Å². The Bertz CT molecular complexity index is 2320. The number of carbonyl (C=O) groups is 3. The van der Waals surface area contributed by atoms with Crippen LogP contribution >= 0.6 is 15.6 Å². The summed E-state index contributed by atoms with van der Waals surface area (Å²) in [5.74, 6) is -1.61. The Labute approximate surface area is 614 Å². The van der Waals surface area contributed by atoms with Gasteiger partial charge in [-0.1, -0.05) is 290 Å². The maximum atomic E-state index is 13.0. The van der Waals surface area contributed by atoms with E-state index in [1.54, 1.807) is 0 Å². The number of phosphoric ester groups is 2. The summed E-state index contributed by atoms with van der Waals surface area (Å²) in [7, 11) is -9.80. The van der Waals surface area contributed by atoms with E-state index < -0.39 is 91.5 Å². The molecule has 582 valence electrons. The summed E-state index contributed by atoms with van der Waals surface area (Å²) in [5.41, 5.74) is 0. The molecule has 0 aliphatic carbocycles. The van der Waals surface area contributed by atoms with Crippen LogP contribution in [0.1, 0.15) is 329 Å². The number of rotatable bonds is 75. The quantitative estimate of drug-likeness (QED) is 0.0146. The Balaban J connectivity index is 4.55. The molecule has 4 N–H and O–H groups in total. The third-order valence-electron chi connectivity index (χ3n) is 16.6. The van der Waals surface area contributed by atoms with Gasteiger partial charge in [0.2, 0.25) is 0 Å². The minimum atomic E-state index is -4.94. The monoisotopic (exact) mass is 1460 g/mol. The average molecular weight is 1460 g/mol. The van der Waals surface area contributed by atoms with Crippen LogP contribution in [-0.2, 0) is 55.8 Å². The van der Waals surface area contributed by atoms with Gasteiger partial charge in [0, 0.05) is 19.3 Å². The Kier molecular flexibility index (Phi) is 72.6. The van der Waals surface area contributed by atoms with Crippen molar-refractivity contribution in [3.05, 3.63) is 122 Å². The predicted molar refractivity (Wildman–Crippen MR) is 417 cm³/mol. The maximum absolute atomic E-state index is 13.0. The van der Waals surface area contributed by atoms with Crippen LogP contribution in [0.15, 0.2) is 122 Å². The van der Waals surface area contributed by atoms with Gasteiger partial charge in [-0.05, 0) is 141 Å². The first-order valence-corrected chi connectivity index (χ1v) is 42.8. The fraction of sp³-hybridized carbons (Fsp3) is 0.723. The Morgan fingerprint density at radius 2 is 0.495 bits per heavy atom. The number of esters is 3. The molecular weight excluding hydrogens is 1310 g/mol. The summed E-state index contributed by atoms with van der Waals surface area (Å²) in [6.07, 6.45) is 89.6. The summed E-state index contributed by atoms with van der Waals surface area (Å²) in [4.78, 5) is 58.6. The van der Waals surface area contributed by atoms with Gasteiger partial charge in [0.25, 0.3) is 0 Å². The number of phosphoric acid groups is 2. The molecule has 0 aromatic heterocycles. The van der Waals surface area contributed by atoms with Gasteiger partial charge < -0.3 is 34.2 Å². The lowest BCUT2D eigenvalue weighted by Gasteiger charge is -2.21. The molecule has 0 saturated heterocycles. The van der Waals surface area contributed by atoms with Crippen molar-refractivity contribution in [2.45, 2.75) is 347 Å². The molecule has 0 aromatic carbocycles. The number of hydrogen-bond acceptors (Lipinski definition) is 14. The molecule has 0 aliphatic heterocycles. The summed E-state index contributed by atoms with van der Waals surface area (Å²) in [6.45, 7) is 2.57. The molecule has 101 heavy (non-hydrogen) atoms. The second-order valence-electron chi connectivity index (χ2n) is 26.5. The molecule has 16 nitrogen and oxygen atoms in total. The number of unbranched alkanes of at least 4 members (excludes halogenated alkanes) is 32. The molecule has 0 rings (SSSR count). The van der Waals surface area contributed by atoms with Crippen LogP contribution in [0, 0.1) is 0 Å². The fourth-order valence-electron chi connectivity index (χ4n) is 10.5. The normalized spacial score (nSPS) is 14.6. The molecule has 0 aliphatic rings. The fourth-order valence-corrected chi connectivity index (χ4v) is 12.1. The van der Waals surface area contributed by atoms with Crippen LogP contribution in [0.2, 0.25) is 0 Å². The van der Waals surface area contributed by atoms with E-state index in [1.165, 1.54) is 128 Å². The van der Waals surface area contributed by atoms with Crippen molar-refractivity contribution in [3.8, 4) is 0 Å². The molecule has 5 atom stereocenters. The number of allylic oxidation sites excluding steroid dienone is 20. The number of hydrogen-bond donors (Lipinski definition) is 4. The lowest BCUT2D eigenvalue weighted by Crippen LogP contribution is -2.30. The summed E-state index contributed by atoms with van der Waals surface area (Å²) in [5, 5.41) is 20.6. The topological polar surface area (TPSA) is 231 Å². The summed E-state index contributed by atoms with van der Waals surface area (Å²) < 4.78 is 61.1. The second kappa shape index (κ2) is 75.6. The Morgan fingerprint density at radius 3 is 0.782 bits per heavy atom. The van der Waals surface area contributed by atoms with Crippen molar-refractivity contribution in [3.63, 3.8) is 0 Å². The lowest BCUT2D eigenvalue weighted by molar-refractivity contribution is -0.161. The zero-order chi connectivity index (χ0) is 73.7. The summed E-state index contributed by atoms with van der Waals surface area (Å²) in [6, 6.07) is 0. The van der Waals surface area contributed by atoms with Gasteiger partial charge in [-0.3, -0.25) is 32.5 Å². The van der Waals surface area contributed by atoms with E-state index in [0.29, 0.717) is 19.3 Å². The molecular formula is C83H144O16P2. The number of aliphatic hydroxyl groups is 2. The van der Waals surface area contributed by atoms with E-state index in [1.807, 2.05) is 0 Å². The molecule has 0 saturated carbocycles. The Morgan fingerprint density at radius 1 is 0.277 bits per heavy atom. The van der Waals surface area contributed by atoms with Crippen molar-refractivity contribution < 1.29 is 75.8 Å². The third kappa shape index (κ3) is 76.9. The largest absolute Gasteiger partial charge is 0.472 e. The van der Waals surface area contributed by atoms with Crippen molar-refractivity contribution in [1.82, 2.24) is 0 Å². The highest BCUT2D eigenvalue weighted by Crippen LogP contribution is 2.45. The van der Waals surface area contributed by atoms with Crippen LogP contribution in [-0.4, -0.2) is 95.9 Å². The first-order valence-electron chi connectivity index (χ1n) is 39.8. The zero-order valence-corrected chi connectivity index (χ0v) is 65.3. The van der Waals surface area contributed by atoms with Crippen LogP contribution in [0.5, 0.6) is 0 Å². The van der Waals surface area contributed by atoms with Crippen LogP contribution in [0.3, 0.4) is 0 Å². The first kappa shape index (κ1) is 97.0. The molecule has 0 fully saturated rings. The number of carbonyl (C=O) groups excluding carboxylic acids is 3. The minimum absolute atomic E-state index is 0.0822. The van der Waals surface area contributed by atoms with Crippen LogP contribution in [0.4, 0.5) is 0 Å². The number of ether oxygens (including phenoxy) is 3. The van der Waals surface area contributed by atoms with Crippen LogP contribution in [0.25, 0.3) is 0 Å². The van der Waals surface area contributed by atoms with Gasteiger partial charge >= 0.3 is 33.6 Å². The molecule has 0 amide bonds. The van der Waals surface area contributed by atoms with Gasteiger partial charge in [0.1, 0.15) is 25.4 Å². The summed E-state index contributed by atoms with van der Waals surface area (Å²) >= 11 is 0. The van der Waals surface area contributed by atoms with Crippen molar-refractivity contribution >= 4 is 33.6 Å². The smallest absolute Gasteiger partial charge is 0.463 e. The van der Waals surface area contributed by atoms with Gasteiger partial charge in [-0.25, -0.2) is 9.13 Å². The molecule has 0 radical (unpaired) electrons. The average Bonchev–Trinajstić information content (AvgIpc) is 1.14. The molecule has 0 bridgehead atoms. The second-order valence-corrected chi connectivity index (χ2v) is 29.4. The van der Waals surface area contributed by atoms with E-state index in [4.69, 9.17) is 32.3 Å². The van der Waals surface area contributed by atoms with Crippen LogP contribution < -0.4 is 0 Å². The number of aliphatic hydroxyl groups excluding tert-OH is 2. The highest BCUT2D eigenvalue weighted by molar-refractivity contribution is 7.47. The highest BCUT2D eigenvalue weighted by atomic mass is 31.2. The third-order valence-corrected chi connectivity index (χ3v) is 18.5. The minimum Gasteiger partial charge on any atom is -0.463 e. The van der Waals surface area contributed by atoms with Gasteiger partial charge in [-0.2, -0.15) is 0 Å². The van der Waals surface area contributed by atoms with Crippen molar-refractivity contribution in [1.29, 1.82) is 0 Å². The van der Waals surface area contributed by atoms with E-state index in [0.717, 1.165) is 141 Å². The van der Waals surface area contributed by atoms with E-state index >= 15 is 0 Å². The van der Waals surface area contributed by atoms with E-state index in [2.05, 4.69) is 142 Å². The lowest BCUT2D eigenvalue weighted by atomic mass is 10.0. The predicted octanol–water partition coefficient (Wildman–Crippen LogP) is 23.3. The standard InChI is InChI=1S/C83H144O16P2/c1-4-7-10-13-16-19-22-25-28-30-32-34-35-36-37-38-39-40-41-43-45-46-49-51-54-57-60-63-66-69-81(86)93-72-78(84)73-95-100(89,90)96-74-79(85)75-97-101(91,92)98-77-80(99-83(88)71-68-65-62-59-56-53-48-27-24-21-18-15-12-9-6-3)76-94-82(87)70-67-64-61-58-55-52-50-47-44-42-33-31-29-26-23-20-17-14-11-8-5-2/h16-21,25-29,32-34,36-37,42,47-48,50,78-80,84-85H,4-15,22-24,30-31,35,38-41,43-46,49,51-77H2,1-3H3,(H,89,90)(H,91,92)/b19-16-,20-17-,21-18-,28-25-,29-26-,34-32-,37-36-,42-33-,48-27-,50-47-. The molecule has 0 heterocycles. The van der Waals surface area contributed by atoms with Gasteiger partial charge in [0.05, 0.1) is 26.4 Å². The highest BCUT2D eigenvalue weighted by Gasteiger charge is 2.29. The van der Waals surface area contributed by atoms with Gasteiger partial charge in [0.15, 0.2) is 6.10 Å². The molecule has 5 unspecified atom stereocenters. The van der Waals surface area contributed by atoms with Gasteiger partial charge in [-0.15, -0.1) is 0 Å². The SMILES string of the molecule is CCCCC/C=C\C/C=C\C/C=C\C/C=C\CCCCCCCCCCCCCCCC(=O)OCC(O)COP(=O)(O)OCC(O)COP(=O)(O)OCC(COC(=O)CCCCCCC/C=C\C/C=C\C/C=C\C/C=C\CCCCC)OC(=O)CCCCCCC/C=C\C/C=C\CCCCC. The van der Waals surface area contributed by atoms with Crippen molar-refractivity contribution in [2.75, 3.05) is 39.6 Å².